The Balaban J connectivity index is 2.46. The molecular weight excluding hydrogens is 298 g/mol. The van der Waals surface area contributed by atoms with E-state index in [9.17, 15) is 8.42 Å². The molecule has 0 fully saturated rings. The smallest absolute Gasteiger partial charge is 0.206 e. The number of hydrogen-bond acceptors (Lipinski definition) is 4. The Morgan fingerprint density at radius 3 is 2.14 bits per heavy atom. The molecule has 0 saturated heterocycles. The molecule has 0 aliphatic rings. The van der Waals surface area contributed by atoms with Crippen molar-refractivity contribution in [2.75, 3.05) is 12.4 Å². The van der Waals surface area contributed by atoms with Gasteiger partial charge < -0.3 is 10.1 Å². The number of sulfone groups is 1. The Morgan fingerprint density at radius 2 is 1.59 bits per heavy atom. The van der Waals surface area contributed by atoms with Gasteiger partial charge in [-0.2, -0.15) is 0 Å². The van der Waals surface area contributed by atoms with Crippen molar-refractivity contribution in [2.24, 2.45) is 0 Å². The summed E-state index contributed by atoms with van der Waals surface area (Å²) in [7, 11) is -2.01. The van der Waals surface area contributed by atoms with Crippen LogP contribution in [0, 0.1) is 0 Å². The Hall–Kier alpha value is -2.01. The highest BCUT2D eigenvalue weighted by Gasteiger charge is 2.20. The van der Waals surface area contributed by atoms with Gasteiger partial charge in [-0.15, -0.1) is 0 Å². The van der Waals surface area contributed by atoms with Gasteiger partial charge in [0.25, 0.3) is 0 Å². The highest BCUT2D eigenvalue weighted by molar-refractivity contribution is 7.91. The minimum Gasteiger partial charge on any atom is -0.495 e. The summed E-state index contributed by atoms with van der Waals surface area (Å²) < 4.78 is 30.6. The maximum absolute atomic E-state index is 12.6. The molecule has 0 unspecified atom stereocenters. The zero-order valence-electron chi connectivity index (χ0n) is 13.3. The minimum absolute atomic E-state index is 0.146. The van der Waals surface area contributed by atoms with Gasteiger partial charge in [-0.05, 0) is 45.0 Å². The van der Waals surface area contributed by atoms with E-state index in [0.717, 1.165) is 5.69 Å². The van der Waals surface area contributed by atoms with Crippen molar-refractivity contribution in [3.05, 3.63) is 48.5 Å². The van der Waals surface area contributed by atoms with Crippen molar-refractivity contribution in [3.63, 3.8) is 0 Å². The molecule has 0 saturated carbocycles. The maximum atomic E-state index is 12.6. The predicted octanol–water partition coefficient (Wildman–Crippen LogP) is 3.74. The maximum Gasteiger partial charge on any atom is 0.206 e. The topological polar surface area (TPSA) is 55.4 Å². The van der Waals surface area contributed by atoms with Crippen LogP contribution in [0.3, 0.4) is 0 Å². The average Bonchev–Trinajstić information content (AvgIpc) is 2.47. The summed E-state index contributed by atoms with van der Waals surface area (Å²) in [6.45, 7) is 6.09. The number of hydrogen-bond donors (Lipinski definition) is 1. The highest BCUT2D eigenvalue weighted by Crippen LogP contribution is 2.32. The minimum atomic E-state index is -3.54. The van der Waals surface area contributed by atoms with E-state index in [1.54, 1.807) is 48.5 Å². The summed E-state index contributed by atoms with van der Waals surface area (Å²) in [5.41, 5.74) is 0.620. The van der Waals surface area contributed by atoms with E-state index < -0.39 is 9.84 Å². The van der Waals surface area contributed by atoms with Gasteiger partial charge in [0, 0.05) is 11.6 Å². The van der Waals surface area contributed by atoms with Crippen molar-refractivity contribution in [3.8, 4) is 5.75 Å². The Morgan fingerprint density at radius 1 is 0.955 bits per heavy atom. The zero-order valence-corrected chi connectivity index (χ0v) is 14.1. The number of anilines is 1. The summed E-state index contributed by atoms with van der Waals surface area (Å²) in [6, 6.07) is 13.3. The largest absolute Gasteiger partial charge is 0.495 e. The predicted molar refractivity (Wildman–Crippen MR) is 88.3 cm³/mol. The quantitative estimate of drug-likeness (QED) is 0.933. The number of benzene rings is 2. The van der Waals surface area contributed by atoms with Crippen LogP contribution >= 0.6 is 0 Å². The second kappa shape index (κ2) is 6.01. The van der Waals surface area contributed by atoms with Gasteiger partial charge in [-0.25, -0.2) is 8.42 Å². The van der Waals surface area contributed by atoms with E-state index in [1.165, 1.54) is 7.11 Å². The molecule has 0 radical (unpaired) electrons. The molecule has 1 N–H and O–H groups in total. The molecule has 0 heterocycles. The number of methoxy groups -OCH3 is 1. The Bertz CT molecular complexity index is 747. The lowest BCUT2D eigenvalue weighted by molar-refractivity contribution is 0.413. The normalized spacial score (nSPS) is 12.0. The molecule has 118 valence electrons. The first-order valence-electron chi connectivity index (χ1n) is 7.00. The first-order valence-corrected chi connectivity index (χ1v) is 8.49. The van der Waals surface area contributed by atoms with Crippen molar-refractivity contribution >= 4 is 15.5 Å². The third-order valence-corrected chi connectivity index (χ3v) is 4.81. The highest BCUT2D eigenvalue weighted by atomic mass is 32.2. The molecule has 0 aliphatic carbocycles. The van der Waals surface area contributed by atoms with Gasteiger partial charge >= 0.3 is 0 Å². The molecule has 22 heavy (non-hydrogen) atoms. The van der Waals surface area contributed by atoms with Crippen LogP contribution in [0.15, 0.2) is 58.3 Å². The van der Waals surface area contributed by atoms with Crippen LogP contribution in [0.1, 0.15) is 20.8 Å². The molecule has 2 aromatic rings. The van der Waals surface area contributed by atoms with Crippen LogP contribution in [-0.4, -0.2) is 21.1 Å². The van der Waals surface area contributed by atoms with Crippen LogP contribution < -0.4 is 10.1 Å². The molecule has 0 aromatic heterocycles. The summed E-state index contributed by atoms with van der Waals surface area (Å²) in [6.07, 6.45) is 0. The molecule has 0 atom stereocenters. The lowest BCUT2D eigenvalue weighted by Crippen LogP contribution is -2.26. The van der Waals surface area contributed by atoms with E-state index >= 15 is 0 Å². The van der Waals surface area contributed by atoms with E-state index in [4.69, 9.17) is 4.74 Å². The first-order chi connectivity index (χ1) is 10.2. The second-order valence-corrected chi connectivity index (χ2v) is 8.00. The molecule has 0 amide bonds. The molecule has 2 aromatic carbocycles. The fourth-order valence-corrected chi connectivity index (χ4v) is 3.38. The monoisotopic (exact) mass is 319 g/mol. The Labute approximate surface area is 132 Å². The third-order valence-electron chi connectivity index (χ3n) is 3.05. The standard InChI is InChI=1S/C17H21NO3S/c1-17(2,3)18-15-11-10-14(12-16(15)21-4)22(19,20)13-8-6-5-7-9-13/h5-12,18H,1-4H3. The first kappa shape index (κ1) is 16.4. The van der Waals surface area contributed by atoms with Gasteiger partial charge in [0.05, 0.1) is 22.6 Å². The molecule has 0 aliphatic heterocycles. The molecule has 2 rings (SSSR count). The number of ether oxygens (including phenoxy) is 1. The van der Waals surface area contributed by atoms with Gasteiger partial charge in [0.2, 0.25) is 9.84 Å². The molecular formula is C17H21NO3S. The number of rotatable bonds is 4. The van der Waals surface area contributed by atoms with Crippen LogP contribution in [0.4, 0.5) is 5.69 Å². The SMILES string of the molecule is COc1cc(S(=O)(=O)c2ccccc2)ccc1NC(C)(C)C. The van der Waals surface area contributed by atoms with Crippen molar-refractivity contribution in [1.29, 1.82) is 0 Å². The van der Waals surface area contributed by atoms with E-state index in [-0.39, 0.29) is 15.3 Å². The summed E-state index contributed by atoms with van der Waals surface area (Å²) in [5, 5.41) is 3.30. The van der Waals surface area contributed by atoms with Gasteiger partial charge in [-0.1, -0.05) is 18.2 Å². The fourth-order valence-electron chi connectivity index (χ4n) is 2.08. The van der Waals surface area contributed by atoms with Crippen LogP contribution in [0.2, 0.25) is 0 Å². The van der Waals surface area contributed by atoms with E-state index in [2.05, 4.69) is 5.32 Å². The van der Waals surface area contributed by atoms with Crippen molar-refractivity contribution in [1.82, 2.24) is 0 Å². The zero-order chi connectivity index (χ0) is 16.4. The van der Waals surface area contributed by atoms with Crippen LogP contribution in [-0.2, 0) is 9.84 Å². The van der Waals surface area contributed by atoms with E-state index in [0.29, 0.717) is 5.75 Å². The van der Waals surface area contributed by atoms with Gasteiger partial charge in [-0.3, -0.25) is 0 Å². The molecule has 0 bridgehead atoms. The van der Waals surface area contributed by atoms with Crippen molar-refractivity contribution in [2.45, 2.75) is 36.1 Å². The molecule has 5 heteroatoms. The number of nitrogens with one attached hydrogen (secondary N) is 1. The van der Waals surface area contributed by atoms with Crippen LogP contribution in [0.25, 0.3) is 0 Å². The van der Waals surface area contributed by atoms with Gasteiger partial charge in [0.15, 0.2) is 0 Å². The molecule has 0 spiro atoms. The third kappa shape index (κ3) is 3.60. The van der Waals surface area contributed by atoms with Crippen molar-refractivity contribution < 1.29 is 13.2 Å². The van der Waals surface area contributed by atoms with Crippen LogP contribution in [0.5, 0.6) is 5.75 Å². The van der Waals surface area contributed by atoms with E-state index in [1.807, 2.05) is 20.8 Å². The van der Waals surface area contributed by atoms with Gasteiger partial charge in [0.1, 0.15) is 5.75 Å². The summed E-state index contributed by atoms with van der Waals surface area (Å²) >= 11 is 0. The second-order valence-electron chi connectivity index (χ2n) is 6.05. The molecule has 4 nitrogen and oxygen atoms in total. The summed E-state index contributed by atoms with van der Waals surface area (Å²) in [4.78, 5) is 0.489. The average molecular weight is 319 g/mol. The lowest BCUT2D eigenvalue weighted by atomic mass is 10.1. The Kier molecular flexibility index (Phi) is 4.47. The summed E-state index contributed by atoms with van der Waals surface area (Å²) in [5.74, 6) is 0.506. The fraction of sp³-hybridized carbons (Fsp3) is 0.294. The lowest BCUT2D eigenvalue weighted by Gasteiger charge is -2.24.